The van der Waals surface area contributed by atoms with Gasteiger partial charge in [-0.1, -0.05) is 17.7 Å². The van der Waals surface area contributed by atoms with E-state index in [0.29, 0.717) is 6.10 Å². The Morgan fingerprint density at radius 1 is 1.04 bits per heavy atom. The van der Waals surface area contributed by atoms with Crippen LogP contribution in [0.1, 0.15) is 31.2 Å². The van der Waals surface area contributed by atoms with E-state index in [1.807, 2.05) is 0 Å². The van der Waals surface area contributed by atoms with Gasteiger partial charge in [-0.15, -0.1) is 0 Å². The molecule has 0 radical (unpaired) electrons. The van der Waals surface area contributed by atoms with Crippen molar-refractivity contribution in [1.29, 1.82) is 0 Å². The van der Waals surface area contributed by atoms with E-state index in [2.05, 4.69) is 28.0 Å². The molecule has 2 aliphatic heterocycles. The fourth-order valence-corrected chi connectivity index (χ4v) is 4.43. The molecule has 0 spiro atoms. The lowest BCUT2D eigenvalue weighted by atomic mass is 9.82. The van der Waals surface area contributed by atoms with E-state index >= 15 is 0 Å². The highest BCUT2D eigenvalue weighted by Gasteiger charge is 2.32. The third kappa shape index (κ3) is 4.68. The zero-order valence-corrected chi connectivity index (χ0v) is 15.7. The normalized spacial score (nSPS) is 28.0. The molecule has 0 aromatic heterocycles. The second kappa shape index (κ2) is 8.26. The summed E-state index contributed by atoms with van der Waals surface area (Å²) in [5.74, 6) is 1.61. The molecule has 3 fully saturated rings. The Morgan fingerprint density at radius 2 is 1.80 bits per heavy atom. The van der Waals surface area contributed by atoms with E-state index < -0.39 is 0 Å². The summed E-state index contributed by atoms with van der Waals surface area (Å²) in [6.45, 7) is 8.53. The SMILES string of the molecule is Clc1cc(CN2CCCC2)ccc1OC1CC(CN2CCOCC2)C1. The van der Waals surface area contributed by atoms with Crippen LogP contribution in [0.2, 0.25) is 5.02 Å². The number of hydrogen-bond acceptors (Lipinski definition) is 4. The summed E-state index contributed by atoms with van der Waals surface area (Å²) < 4.78 is 11.6. The van der Waals surface area contributed by atoms with Crippen molar-refractivity contribution in [2.75, 3.05) is 45.9 Å². The van der Waals surface area contributed by atoms with E-state index in [9.17, 15) is 0 Å². The predicted octanol–water partition coefficient (Wildman–Crippen LogP) is 3.43. The van der Waals surface area contributed by atoms with Crippen molar-refractivity contribution in [3.05, 3.63) is 28.8 Å². The van der Waals surface area contributed by atoms with Gasteiger partial charge in [0, 0.05) is 26.2 Å². The number of halogens is 1. The largest absolute Gasteiger partial charge is 0.489 e. The first-order chi connectivity index (χ1) is 12.3. The molecule has 2 saturated heterocycles. The second-order valence-electron chi connectivity index (χ2n) is 7.74. The van der Waals surface area contributed by atoms with Crippen LogP contribution < -0.4 is 4.74 Å². The van der Waals surface area contributed by atoms with E-state index in [0.717, 1.165) is 62.4 Å². The zero-order valence-electron chi connectivity index (χ0n) is 15.0. The molecular formula is C20H29ClN2O2. The summed E-state index contributed by atoms with van der Waals surface area (Å²) in [5.41, 5.74) is 1.29. The van der Waals surface area contributed by atoms with Crippen LogP contribution >= 0.6 is 11.6 Å². The van der Waals surface area contributed by atoms with Crippen LogP contribution in [0, 0.1) is 5.92 Å². The van der Waals surface area contributed by atoms with Crippen molar-refractivity contribution in [2.45, 2.75) is 38.3 Å². The lowest BCUT2D eigenvalue weighted by molar-refractivity contribution is 0.000153. The first-order valence-electron chi connectivity index (χ1n) is 9.74. The highest BCUT2D eigenvalue weighted by Crippen LogP contribution is 2.35. The maximum atomic E-state index is 6.47. The Morgan fingerprint density at radius 3 is 2.52 bits per heavy atom. The van der Waals surface area contributed by atoms with Gasteiger partial charge in [-0.3, -0.25) is 9.80 Å². The molecule has 4 nitrogen and oxygen atoms in total. The van der Waals surface area contributed by atoms with Gasteiger partial charge in [-0.25, -0.2) is 0 Å². The third-order valence-electron chi connectivity index (χ3n) is 5.71. The van der Waals surface area contributed by atoms with Gasteiger partial charge in [-0.2, -0.15) is 0 Å². The van der Waals surface area contributed by atoms with Crippen molar-refractivity contribution in [3.63, 3.8) is 0 Å². The molecule has 2 heterocycles. The molecule has 4 rings (SSSR count). The highest BCUT2D eigenvalue weighted by molar-refractivity contribution is 6.32. The number of morpholine rings is 1. The van der Waals surface area contributed by atoms with Crippen LogP contribution in [0.15, 0.2) is 18.2 Å². The fourth-order valence-electron chi connectivity index (χ4n) is 4.19. The Balaban J connectivity index is 1.23. The average molecular weight is 365 g/mol. The lowest BCUT2D eigenvalue weighted by Gasteiger charge is -2.39. The smallest absolute Gasteiger partial charge is 0.138 e. The molecule has 1 aliphatic carbocycles. The summed E-state index contributed by atoms with van der Waals surface area (Å²) in [6.07, 6.45) is 5.25. The molecule has 1 saturated carbocycles. The van der Waals surface area contributed by atoms with Gasteiger partial charge < -0.3 is 9.47 Å². The number of hydrogen-bond donors (Lipinski definition) is 0. The minimum atomic E-state index is 0.327. The van der Waals surface area contributed by atoms with E-state index in [4.69, 9.17) is 21.1 Å². The number of nitrogens with zero attached hydrogens (tertiary/aromatic N) is 2. The minimum absolute atomic E-state index is 0.327. The van der Waals surface area contributed by atoms with Crippen LogP contribution in [0.3, 0.4) is 0 Å². The Kier molecular flexibility index (Phi) is 5.81. The van der Waals surface area contributed by atoms with Gasteiger partial charge in [0.2, 0.25) is 0 Å². The molecule has 0 bridgehead atoms. The number of rotatable bonds is 6. The quantitative estimate of drug-likeness (QED) is 0.772. The molecule has 25 heavy (non-hydrogen) atoms. The van der Waals surface area contributed by atoms with Crippen LogP contribution in [0.4, 0.5) is 0 Å². The van der Waals surface area contributed by atoms with Gasteiger partial charge in [0.15, 0.2) is 0 Å². The first-order valence-corrected chi connectivity index (χ1v) is 10.1. The van der Waals surface area contributed by atoms with Crippen molar-refractivity contribution in [3.8, 4) is 5.75 Å². The van der Waals surface area contributed by atoms with E-state index in [-0.39, 0.29) is 0 Å². The van der Waals surface area contributed by atoms with Gasteiger partial charge in [0.25, 0.3) is 0 Å². The summed E-state index contributed by atoms with van der Waals surface area (Å²) in [5, 5.41) is 0.758. The topological polar surface area (TPSA) is 24.9 Å². The van der Waals surface area contributed by atoms with Gasteiger partial charge in [0.1, 0.15) is 5.75 Å². The van der Waals surface area contributed by atoms with E-state index in [1.165, 1.54) is 38.0 Å². The fraction of sp³-hybridized carbons (Fsp3) is 0.700. The molecule has 0 atom stereocenters. The predicted molar refractivity (Wildman–Crippen MR) is 100 cm³/mol. The summed E-state index contributed by atoms with van der Waals surface area (Å²) in [6, 6.07) is 6.31. The summed E-state index contributed by atoms with van der Waals surface area (Å²) in [7, 11) is 0. The third-order valence-corrected chi connectivity index (χ3v) is 6.00. The average Bonchev–Trinajstić information content (AvgIpc) is 3.09. The van der Waals surface area contributed by atoms with Crippen molar-refractivity contribution in [2.24, 2.45) is 5.92 Å². The van der Waals surface area contributed by atoms with Crippen LogP contribution in [0.25, 0.3) is 0 Å². The van der Waals surface area contributed by atoms with Gasteiger partial charge in [0.05, 0.1) is 24.3 Å². The first kappa shape index (κ1) is 17.6. The van der Waals surface area contributed by atoms with Gasteiger partial charge in [-0.05, 0) is 62.4 Å². The van der Waals surface area contributed by atoms with Crippen molar-refractivity contribution in [1.82, 2.24) is 9.80 Å². The minimum Gasteiger partial charge on any atom is -0.489 e. The molecule has 1 aromatic carbocycles. The summed E-state index contributed by atoms with van der Waals surface area (Å²) in [4.78, 5) is 5.01. The number of benzene rings is 1. The lowest BCUT2D eigenvalue weighted by Crippen LogP contribution is -2.45. The molecule has 0 unspecified atom stereocenters. The maximum Gasteiger partial charge on any atom is 0.138 e. The van der Waals surface area contributed by atoms with Crippen molar-refractivity contribution >= 4 is 11.6 Å². The molecule has 3 aliphatic rings. The molecule has 0 N–H and O–H groups in total. The number of ether oxygens (including phenoxy) is 2. The standard InChI is InChI=1S/C20H29ClN2O2/c21-19-13-16(14-22-5-1-2-6-22)3-4-20(19)25-18-11-17(12-18)15-23-7-9-24-10-8-23/h3-4,13,17-18H,1-2,5-12,14-15H2. The van der Waals surface area contributed by atoms with E-state index in [1.54, 1.807) is 0 Å². The molecular weight excluding hydrogens is 336 g/mol. The second-order valence-corrected chi connectivity index (χ2v) is 8.15. The van der Waals surface area contributed by atoms with Crippen LogP contribution in [-0.4, -0.2) is 61.8 Å². The zero-order chi connectivity index (χ0) is 17.1. The Labute approximate surface area is 156 Å². The van der Waals surface area contributed by atoms with Crippen molar-refractivity contribution < 1.29 is 9.47 Å². The molecule has 1 aromatic rings. The Hall–Kier alpha value is -0.810. The van der Waals surface area contributed by atoms with Crippen LogP contribution in [-0.2, 0) is 11.3 Å². The number of likely N-dealkylation sites (tertiary alicyclic amines) is 1. The maximum absolute atomic E-state index is 6.47. The summed E-state index contributed by atoms with van der Waals surface area (Å²) >= 11 is 6.47. The monoisotopic (exact) mass is 364 g/mol. The molecule has 0 amide bonds. The molecule has 138 valence electrons. The van der Waals surface area contributed by atoms with Gasteiger partial charge >= 0.3 is 0 Å². The van der Waals surface area contributed by atoms with Crippen LogP contribution in [0.5, 0.6) is 5.75 Å². The highest BCUT2D eigenvalue weighted by atomic mass is 35.5. The molecule has 5 heteroatoms. The Bertz CT molecular complexity index is 565.